The first-order valence-electron chi connectivity index (χ1n) is 2.53. The summed E-state index contributed by atoms with van der Waals surface area (Å²) < 4.78 is 14.7. The maximum absolute atomic E-state index is 9.89. The molecule has 0 saturated heterocycles. The normalized spacial score (nSPS) is 10.4. The largest absolute Gasteiger partial charge is 1.00 e. The van der Waals surface area contributed by atoms with Crippen LogP contribution in [-0.4, -0.2) is 25.3 Å². The molecule has 54 valence electrons. The number of ether oxygens (including phenoxy) is 1. The Balaban J connectivity index is 0. The molecule has 10 heavy (non-hydrogen) atoms. The summed E-state index contributed by atoms with van der Waals surface area (Å²) in [5, 5.41) is 0. The predicted molar refractivity (Wildman–Crippen MR) is 34.0 cm³/mol. The second-order valence-corrected chi connectivity index (χ2v) is 2.85. The number of hydrogen-bond acceptors (Lipinski definition) is 3. The van der Waals surface area contributed by atoms with Crippen LogP contribution in [0.3, 0.4) is 0 Å². The fraction of sp³-hybridized carbons (Fsp3) is 1.00. The van der Waals surface area contributed by atoms with Gasteiger partial charge in [0.15, 0.2) is 6.16 Å². The Labute approximate surface area is 88.2 Å². The zero-order valence-corrected chi connectivity index (χ0v) is 9.53. The minimum absolute atomic E-state index is 0. The van der Waals surface area contributed by atoms with E-state index in [0.29, 0.717) is 12.5 Å². The van der Waals surface area contributed by atoms with E-state index in [0.717, 1.165) is 0 Å². The molecule has 3 nitrogen and oxygen atoms in total. The van der Waals surface area contributed by atoms with Gasteiger partial charge in [0.2, 0.25) is 0 Å². The van der Waals surface area contributed by atoms with Gasteiger partial charge >= 0.3 is 37.6 Å². The first-order chi connectivity index (χ1) is 4.27. The van der Waals surface area contributed by atoms with Gasteiger partial charge in [0.1, 0.15) is 0 Å². The van der Waals surface area contributed by atoms with E-state index in [1.807, 2.05) is 0 Å². The van der Waals surface area contributed by atoms with Crippen molar-refractivity contribution in [2.75, 3.05) is 25.3 Å². The topological polar surface area (TPSA) is 49.4 Å². The Morgan fingerprint density at radius 3 is 2.50 bits per heavy atom. The van der Waals surface area contributed by atoms with Crippen molar-refractivity contribution in [3.05, 3.63) is 0 Å². The van der Waals surface area contributed by atoms with Crippen LogP contribution >= 0.6 is 19.6 Å². The van der Waals surface area contributed by atoms with Crippen LogP contribution < -0.4 is 34.5 Å². The smallest absolute Gasteiger partial charge is 0.595 e. The van der Waals surface area contributed by atoms with E-state index in [4.69, 9.17) is 16.3 Å². The van der Waals surface area contributed by atoms with Crippen molar-refractivity contribution >= 4 is 19.6 Å². The van der Waals surface area contributed by atoms with E-state index in [1.54, 1.807) is 0 Å². The summed E-state index contributed by atoms with van der Waals surface area (Å²) in [5.74, 6) is 0.412. The molecule has 0 aliphatic heterocycles. The average Bonchev–Trinajstić information content (AvgIpc) is 1.80. The molecule has 0 aromatic heterocycles. The zero-order valence-electron chi connectivity index (χ0n) is 5.88. The van der Waals surface area contributed by atoms with E-state index in [1.165, 1.54) is 0 Å². The van der Waals surface area contributed by atoms with Crippen molar-refractivity contribution in [3.8, 4) is 0 Å². The fourth-order valence-corrected chi connectivity index (χ4v) is 0.683. The third-order valence-corrected chi connectivity index (χ3v) is 1.34. The maximum atomic E-state index is 9.89. The van der Waals surface area contributed by atoms with Gasteiger partial charge in [-0.25, -0.2) is 0 Å². The predicted octanol–water partition coefficient (Wildman–Crippen LogP) is -2.65. The maximum Gasteiger partial charge on any atom is 1.00 e. The van der Waals surface area contributed by atoms with Gasteiger partial charge in [-0.3, -0.25) is 0 Å². The van der Waals surface area contributed by atoms with Gasteiger partial charge in [0.25, 0.3) is 0 Å². The molecule has 0 aliphatic rings. The number of halogens is 1. The van der Waals surface area contributed by atoms with Crippen LogP contribution in [-0.2, 0) is 9.30 Å². The van der Waals surface area contributed by atoms with Crippen LogP contribution in [0.15, 0.2) is 0 Å². The molecule has 0 aromatic carbocycles. The van der Waals surface area contributed by atoms with Crippen molar-refractivity contribution in [1.82, 2.24) is 0 Å². The standard InChI is InChI=1S/C4H8ClO3P.Na/c5-1-2-8-3-4-9(6)7;/h1-4H2;/q;+1. The molecule has 1 atom stereocenters. The molecular formula is C4H8ClNaO3P+. The van der Waals surface area contributed by atoms with Crippen LogP contribution in [0.5, 0.6) is 0 Å². The van der Waals surface area contributed by atoms with Gasteiger partial charge in [-0.2, -0.15) is 0 Å². The SMILES string of the molecule is O=[P+]([O-])CCOCCCl.[Na+]. The van der Waals surface area contributed by atoms with Crippen molar-refractivity contribution in [1.29, 1.82) is 0 Å². The third kappa shape index (κ3) is 12.0. The molecule has 1 unspecified atom stereocenters. The summed E-state index contributed by atoms with van der Waals surface area (Å²) in [6.45, 7) is 0.677. The minimum atomic E-state index is -2.29. The molecule has 0 fully saturated rings. The Morgan fingerprint density at radius 1 is 1.50 bits per heavy atom. The van der Waals surface area contributed by atoms with Crippen molar-refractivity contribution in [2.24, 2.45) is 0 Å². The summed E-state index contributed by atoms with van der Waals surface area (Å²) in [6, 6.07) is 0. The Hall–Kier alpha value is 1.31. The van der Waals surface area contributed by atoms with Crippen LogP contribution in [0.25, 0.3) is 0 Å². The van der Waals surface area contributed by atoms with Crippen molar-refractivity contribution < 1.29 is 43.8 Å². The molecule has 0 radical (unpaired) electrons. The third-order valence-electron chi connectivity index (χ3n) is 0.640. The molecule has 0 aromatic rings. The van der Waals surface area contributed by atoms with E-state index in [9.17, 15) is 9.46 Å². The second kappa shape index (κ2) is 10.3. The zero-order chi connectivity index (χ0) is 7.11. The second-order valence-electron chi connectivity index (χ2n) is 1.36. The molecule has 0 amide bonds. The van der Waals surface area contributed by atoms with E-state index in [-0.39, 0.29) is 42.3 Å². The molecule has 0 bridgehead atoms. The van der Waals surface area contributed by atoms with Gasteiger partial charge in [-0.15, -0.1) is 11.6 Å². The summed E-state index contributed by atoms with van der Waals surface area (Å²) in [4.78, 5) is 9.89. The quantitative estimate of drug-likeness (QED) is 0.207. The summed E-state index contributed by atoms with van der Waals surface area (Å²) in [5.41, 5.74) is 0. The van der Waals surface area contributed by atoms with Crippen molar-refractivity contribution in [2.45, 2.75) is 0 Å². The van der Waals surface area contributed by atoms with E-state index >= 15 is 0 Å². The van der Waals surface area contributed by atoms with Crippen LogP contribution in [0.4, 0.5) is 0 Å². The molecule has 0 spiro atoms. The molecule has 0 N–H and O–H groups in total. The summed E-state index contributed by atoms with van der Waals surface area (Å²) >= 11 is 5.24. The number of alkyl halides is 1. The molecule has 0 heterocycles. The Kier molecular flexibility index (Phi) is 14.3. The first-order valence-corrected chi connectivity index (χ1v) is 4.42. The molecule has 0 rings (SSSR count). The molecule has 0 saturated carbocycles. The average molecular weight is 194 g/mol. The Bertz CT molecular complexity index is 92.6. The van der Waals surface area contributed by atoms with E-state index in [2.05, 4.69) is 0 Å². The summed E-state index contributed by atoms with van der Waals surface area (Å²) in [7, 11) is -2.29. The van der Waals surface area contributed by atoms with Crippen LogP contribution in [0, 0.1) is 0 Å². The Morgan fingerprint density at radius 2 is 2.10 bits per heavy atom. The van der Waals surface area contributed by atoms with Gasteiger partial charge in [0.05, 0.1) is 13.2 Å². The van der Waals surface area contributed by atoms with Gasteiger partial charge < -0.3 is 9.63 Å². The molecule has 6 heteroatoms. The monoisotopic (exact) mass is 193 g/mol. The minimum Gasteiger partial charge on any atom is -0.595 e. The summed E-state index contributed by atoms with van der Waals surface area (Å²) in [6.07, 6.45) is 0.0895. The van der Waals surface area contributed by atoms with Gasteiger partial charge in [0, 0.05) is 5.88 Å². The molecule has 0 aliphatic carbocycles. The van der Waals surface area contributed by atoms with Crippen LogP contribution in [0.2, 0.25) is 0 Å². The van der Waals surface area contributed by atoms with Crippen LogP contribution in [0.1, 0.15) is 0 Å². The number of hydrogen-bond donors (Lipinski definition) is 0. The number of rotatable bonds is 5. The molecular weight excluding hydrogens is 185 g/mol. The van der Waals surface area contributed by atoms with Gasteiger partial charge in [-0.05, 0) is 0 Å². The van der Waals surface area contributed by atoms with E-state index < -0.39 is 8.03 Å². The van der Waals surface area contributed by atoms with Gasteiger partial charge in [-0.1, -0.05) is 4.57 Å². The first kappa shape index (κ1) is 13.9. The fourth-order valence-electron chi connectivity index (χ4n) is 0.296. The van der Waals surface area contributed by atoms with Crippen molar-refractivity contribution in [3.63, 3.8) is 0 Å².